The van der Waals surface area contributed by atoms with Crippen LogP contribution in [0.1, 0.15) is 5.56 Å². The molecule has 0 aliphatic heterocycles. The Labute approximate surface area is 97.5 Å². The molecule has 0 radical (unpaired) electrons. The van der Waals surface area contributed by atoms with Crippen molar-refractivity contribution in [1.29, 1.82) is 0 Å². The Morgan fingerprint density at radius 1 is 1.24 bits per heavy atom. The second-order valence-electron chi connectivity index (χ2n) is 3.96. The third kappa shape index (κ3) is 1.54. The second kappa shape index (κ2) is 3.59. The molecule has 17 heavy (non-hydrogen) atoms. The molecule has 0 spiro atoms. The molecule has 0 amide bonds. The second-order valence-corrected chi connectivity index (χ2v) is 3.96. The maximum Gasteiger partial charge on any atom is 0.272 e. The third-order valence-electron chi connectivity index (χ3n) is 2.81. The Kier molecular flexibility index (Phi) is 2.08. The minimum absolute atomic E-state index is 0.102. The number of hydrogen-bond acceptors (Lipinski definition) is 2. The molecule has 3 aromatic rings. The van der Waals surface area contributed by atoms with Gasteiger partial charge in [0.25, 0.3) is 5.56 Å². The van der Waals surface area contributed by atoms with Crippen molar-refractivity contribution < 1.29 is 0 Å². The summed E-state index contributed by atoms with van der Waals surface area (Å²) in [6.45, 7) is 2.04. The fourth-order valence-electron chi connectivity index (χ4n) is 1.93. The molecule has 0 saturated heterocycles. The van der Waals surface area contributed by atoms with Crippen molar-refractivity contribution >= 4 is 5.65 Å². The molecule has 2 aromatic heterocycles. The Morgan fingerprint density at radius 3 is 2.82 bits per heavy atom. The maximum absolute atomic E-state index is 11.6. The number of nitrogens with one attached hydrogen (secondary N) is 1. The van der Waals surface area contributed by atoms with E-state index >= 15 is 0 Å². The molecule has 0 atom stereocenters. The predicted octanol–water partition coefficient (Wildman–Crippen LogP) is 2.00. The summed E-state index contributed by atoms with van der Waals surface area (Å²) in [6.07, 6.45) is 1.52. The quantitative estimate of drug-likeness (QED) is 0.688. The van der Waals surface area contributed by atoms with E-state index in [-0.39, 0.29) is 5.56 Å². The standard InChI is InChI=1S/C13H11N3O/c1-9-4-2-3-5-10(9)11-8-12-14-7-6-13(17)16(12)15-11/h2-8,15H,1H3. The van der Waals surface area contributed by atoms with Gasteiger partial charge in [-0.05, 0) is 12.5 Å². The number of benzene rings is 1. The summed E-state index contributed by atoms with van der Waals surface area (Å²) in [5, 5.41) is 3.06. The van der Waals surface area contributed by atoms with Crippen molar-refractivity contribution in [1.82, 2.24) is 14.6 Å². The number of fused-ring (bicyclic) bond motifs is 1. The highest BCUT2D eigenvalue weighted by Gasteiger charge is 2.06. The highest BCUT2D eigenvalue weighted by Crippen LogP contribution is 2.21. The molecule has 4 heteroatoms. The molecule has 0 saturated carbocycles. The Hall–Kier alpha value is -2.36. The smallest absolute Gasteiger partial charge is 0.272 e. The lowest BCUT2D eigenvalue weighted by atomic mass is 10.1. The molecular formula is C13H11N3O. The van der Waals surface area contributed by atoms with E-state index in [1.165, 1.54) is 16.8 Å². The van der Waals surface area contributed by atoms with Crippen molar-refractivity contribution in [3.63, 3.8) is 0 Å². The van der Waals surface area contributed by atoms with Gasteiger partial charge in [-0.2, -0.15) is 0 Å². The number of nitrogens with zero attached hydrogens (tertiary/aromatic N) is 2. The normalized spacial score (nSPS) is 10.9. The molecule has 2 heterocycles. The summed E-state index contributed by atoms with van der Waals surface area (Å²) < 4.78 is 1.45. The summed E-state index contributed by atoms with van der Waals surface area (Å²) in [5.41, 5.74) is 3.67. The first-order valence-electron chi connectivity index (χ1n) is 5.38. The first-order chi connectivity index (χ1) is 8.25. The molecule has 1 aromatic carbocycles. The number of aromatic amines is 1. The molecule has 84 valence electrons. The van der Waals surface area contributed by atoms with E-state index in [0.29, 0.717) is 5.65 Å². The first-order valence-corrected chi connectivity index (χ1v) is 5.38. The van der Waals surface area contributed by atoms with Gasteiger partial charge < -0.3 is 0 Å². The van der Waals surface area contributed by atoms with Gasteiger partial charge in [0.05, 0.1) is 5.69 Å². The predicted molar refractivity (Wildman–Crippen MR) is 66.0 cm³/mol. The molecular weight excluding hydrogens is 214 g/mol. The van der Waals surface area contributed by atoms with Crippen LogP contribution >= 0.6 is 0 Å². The van der Waals surface area contributed by atoms with Crippen LogP contribution in [-0.2, 0) is 0 Å². The summed E-state index contributed by atoms with van der Waals surface area (Å²) in [5.74, 6) is 0. The van der Waals surface area contributed by atoms with Gasteiger partial charge in [-0.25, -0.2) is 9.50 Å². The molecule has 0 bridgehead atoms. The van der Waals surface area contributed by atoms with E-state index in [2.05, 4.69) is 10.1 Å². The largest absolute Gasteiger partial charge is 0.289 e. The van der Waals surface area contributed by atoms with Gasteiger partial charge in [-0.1, -0.05) is 24.3 Å². The topological polar surface area (TPSA) is 50.2 Å². The monoisotopic (exact) mass is 225 g/mol. The van der Waals surface area contributed by atoms with Gasteiger partial charge in [0, 0.05) is 23.9 Å². The van der Waals surface area contributed by atoms with E-state index in [1.54, 1.807) is 0 Å². The lowest BCUT2D eigenvalue weighted by Crippen LogP contribution is -2.12. The van der Waals surface area contributed by atoms with Gasteiger partial charge in [0.2, 0.25) is 0 Å². The van der Waals surface area contributed by atoms with Crippen molar-refractivity contribution in [2.24, 2.45) is 0 Å². The van der Waals surface area contributed by atoms with Gasteiger partial charge >= 0.3 is 0 Å². The molecule has 0 aliphatic carbocycles. The number of aryl methyl sites for hydroxylation is 1. The zero-order valence-electron chi connectivity index (χ0n) is 9.34. The fourth-order valence-corrected chi connectivity index (χ4v) is 1.93. The highest BCUT2D eigenvalue weighted by atomic mass is 16.1. The van der Waals surface area contributed by atoms with Crippen LogP contribution < -0.4 is 5.56 Å². The van der Waals surface area contributed by atoms with Gasteiger partial charge in [0.1, 0.15) is 0 Å². The minimum Gasteiger partial charge on any atom is -0.289 e. The molecule has 3 rings (SSSR count). The van der Waals surface area contributed by atoms with Crippen molar-refractivity contribution in [2.75, 3.05) is 0 Å². The van der Waals surface area contributed by atoms with Crippen molar-refractivity contribution in [3.05, 3.63) is 58.5 Å². The van der Waals surface area contributed by atoms with Gasteiger partial charge in [-0.15, -0.1) is 0 Å². The van der Waals surface area contributed by atoms with E-state index < -0.39 is 0 Å². The lowest BCUT2D eigenvalue weighted by Gasteiger charge is -2.01. The van der Waals surface area contributed by atoms with Crippen molar-refractivity contribution in [2.45, 2.75) is 6.92 Å². The van der Waals surface area contributed by atoms with Crippen molar-refractivity contribution in [3.8, 4) is 11.3 Å². The highest BCUT2D eigenvalue weighted by molar-refractivity contribution is 5.66. The van der Waals surface area contributed by atoms with Crippen LogP contribution in [0, 0.1) is 6.92 Å². The number of H-pyrrole nitrogens is 1. The van der Waals surface area contributed by atoms with Crippen LogP contribution in [0.4, 0.5) is 0 Å². The molecule has 0 unspecified atom stereocenters. The summed E-state index contributed by atoms with van der Waals surface area (Å²) >= 11 is 0. The minimum atomic E-state index is -0.102. The van der Waals surface area contributed by atoms with Crippen LogP contribution in [0.2, 0.25) is 0 Å². The molecule has 0 fully saturated rings. The Bertz CT molecular complexity index is 740. The third-order valence-corrected chi connectivity index (χ3v) is 2.81. The van der Waals surface area contributed by atoms with E-state index in [0.717, 1.165) is 16.8 Å². The molecule has 4 nitrogen and oxygen atoms in total. The summed E-state index contributed by atoms with van der Waals surface area (Å²) in [7, 11) is 0. The van der Waals surface area contributed by atoms with E-state index in [1.807, 2.05) is 37.3 Å². The lowest BCUT2D eigenvalue weighted by molar-refractivity contribution is 0.902. The van der Waals surface area contributed by atoms with Crippen LogP contribution in [0.15, 0.2) is 47.4 Å². The zero-order valence-corrected chi connectivity index (χ0v) is 9.34. The fraction of sp³-hybridized carbons (Fsp3) is 0.0769. The van der Waals surface area contributed by atoms with Crippen LogP contribution in [0.25, 0.3) is 16.9 Å². The summed E-state index contributed by atoms with van der Waals surface area (Å²) in [4.78, 5) is 15.7. The molecule has 1 N–H and O–H groups in total. The maximum atomic E-state index is 11.6. The number of aromatic nitrogens is 3. The molecule has 0 aliphatic rings. The number of rotatable bonds is 1. The van der Waals surface area contributed by atoms with E-state index in [9.17, 15) is 4.79 Å². The van der Waals surface area contributed by atoms with E-state index in [4.69, 9.17) is 0 Å². The first kappa shape index (κ1) is 9.84. The van der Waals surface area contributed by atoms with Crippen LogP contribution in [-0.4, -0.2) is 14.6 Å². The summed E-state index contributed by atoms with van der Waals surface area (Å²) in [6, 6.07) is 11.3. The van der Waals surface area contributed by atoms with Crippen LogP contribution in [0.5, 0.6) is 0 Å². The number of hydrogen-bond donors (Lipinski definition) is 1. The average Bonchev–Trinajstić information content (AvgIpc) is 2.75. The Balaban J connectivity index is 2.30. The Morgan fingerprint density at radius 2 is 2.06 bits per heavy atom. The SMILES string of the molecule is Cc1ccccc1-c1cc2nccc(=O)n2[nH]1. The van der Waals surface area contributed by atoms with Crippen LogP contribution in [0.3, 0.4) is 0 Å². The van der Waals surface area contributed by atoms with Gasteiger partial charge in [-0.3, -0.25) is 9.89 Å². The average molecular weight is 225 g/mol. The van der Waals surface area contributed by atoms with Gasteiger partial charge in [0.15, 0.2) is 5.65 Å². The zero-order chi connectivity index (χ0) is 11.8.